The van der Waals surface area contributed by atoms with Gasteiger partial charge in [0.2, 0.25) is 5.95 Å². The fourth-order valence-corrected chi connectivity index (χ4v) is 5.88. The summed E-state index contributed by atoms with van der Waals surface area (Å²) in [6, 6.07) is 16.2. The van der Waals surface area contributed by atoms with Crippen molar-refractivity contribution in [3.63, 3.8) is 0 Å². The molecule has 2 aliphatic rings. The smallest absolute Gasteiger partial charge is 0.345 e. The summed E-state index contributed by atoms with van der Waals surface area (Å²) in [7, 11) is 0. The number of nitrogen functional groups attached to an aromatic ring is 1. The van der Waals surface area contributed by atoms with E-state index in [1.165, 1.54) is 87.1 Å². The van der Waals surface area contributed by atoms with Crippen LogP contribution < -0.4 is 32.0 Å². The van der Waals surface area contributed by atoms with Gasteiger partial charge in [-0.05, 0) is 107 Å². The highest BCUT2D eigenvalue weighted by atomic mass is 32.2. The number of esters is 2. The number of hydrogen-bond donors (Lipinski definition) is 4. The molecule has 2 aromatic carbocycles. The minimum atomic E-state index is -0.673. The molecule has 4 aromatic rings. The summed E-state index contributed by atoms with van der Waals surface area (Å²) < 4.78 is 9.49. The molecule has 4 heterocycles. The van der Waals surface area contributed by atoms with Gasteiger partial charge < -0.3 is 35.3 Å². The molecule has 0 spiro atoms. The van der Waals surface area contributed by atoms with E-state index in [9.17, 15) is 19.2 Å². The lowest BCUT2D eigenvalue weighted by atomic mass is 10.1. The van der Waals surface area contributed by atoms with Gasteiger partial charge in [0.15, 0.2) is 5.16 Å². The first kappa shape index (κ1) is 39.5. The number of nitrogens with two attached hydrogens (primary N) is 1. The van der Waals surface area contributed by atoms with Gasteiger partial charge in [0.1, 0.15) is 11.1 Å². The Labute approximate surface area is 307 Å². The molecule has 2 aromatic heterocycles. The summed E-state index contributed by atoms with van der Waals surface area (Å²) in [6.07, 6.45) is 12.0. The number of anilines is 5. The molecule has 278 valence electrons. The first-order chi connectivity index (χ1) is 25.2. The molecule has 2 saturated heterocycles. The maximum absolute atomic E-state index is 12.0. The van der Waals surface area contributed by atoms with Crippen LogP contribution in [0.3, 0.4) is 0 Å². The highest BCUT2D eigenvalue weighted by Crippen LogP contribution is 2.23. The number of nitrogens with one attached hydrogen (secondary N) is 3. The number of benzene rings is 2. The van der Waals surface area contributed by atoms with Crippen LogP contribution in [0.5, 0.6) is 0 Å². The van der Waals surface area contributed by atoms with Gasteiger partial charge >= 0.3 is 11.9 Å². The van der Waals surface area contributed by atoms with Crippen molar-refractivity contribution < 1.29 is 19.1 Å². The minimum absolute atomic E-state index is 0.0651. The molecule has 15 heteroatoms. The van der Waals surface area contributed by atoms with Crippen LogP contribution in [0.15, 0.2) is 75.7 Å². The van der Waals surface area contributed by atoms with E-state index in [1.54, 1.807) is 20.1 Å². The van der Waals surface area contributed by atoms with Gasteiger partial charge in [0.05, 0.1) is 19.4 Å². The summed E-state index contributed by atoms with van der Waals surface area (Å²) in [5.74, 6) is -1.04. The summed E-state index contributed by atoms with van der Waals surface area (Å²) in [4.78, 5) is 63.8. The molecule has 0 saturated carbocycles. The number of aromatic amines is 2. The molecule has 14 nitrogen and oxygen atoms in total. The van der Waals surface area contributed by atoms with E-state index >= 15 is 0 Å². The number of carbonyl (C=O) groups is 2. The van der Waals surface area contributed by atoms with Crippen molar-refractivity contribution in [2.24, 2.45) is 0 Å². The largest absolute Gasteiger partial charge is 0.462 e. The summed E-state index contributed by atoms with van der Waals surface area (Å²) >= 11 is 1.30. The van der Waals surface area contributed by atoms with Gasteiger partial charge in [-0.2, -0.15) is 0 Å². The van der Waals surface area contributed by atoms with E-state index in [1.807, 2.05) is 24.3 Å². The zero-order chi connectivity index (χ0) is 37.3. The molecule has 0 unspecified atom stereocenters. The van der Waals surface area contributed by atoms with Crippen LogP contribution in [0.25, 0.3) is 0 Å². The van der Waals surface area contributed by atoms with Crippen molar-refractivity contribution in [1.29, 1.82) is 0 Å². The molecule has 2 fully saturated rings. The second kappa shape index (κ2) is 20.5. The van der Waals surface area contributed by atoms with Gasteiger partial charge in [0, 0.05) is 55.1 Å². The van der Waals surface area contributed by atoms with Gasteiger partial charge in [-0.3, -0.25) is 14.6 Å². The second-order valence-corrected chi connectivity index (χ2v) is 12.7. The Morgan fingerprint density at radius 3 is 1.63 bits per heavy atom. The van der Waals surface area contributed by atoms with Crippen molar-refractivity contribution in [3.8, 4) is 0 Å². The number of thioether (sulfide) groups is 1. The van der Waals surface area contributed by atoms with Crippen molar-refractivity contribution in [1.82, 2.24) is 19.9 Å². The number of hydrogen-bond acceptors (Lipinski definition) is 13. The van der Waals surface area contributed by atoms with Crippen LogP contribution in [0.1, 0.15) is 73.1 Å². The van der Waals surface area contributed by atoms with Crippen LogP contribution in [0, 0.1) is 0 Å². The topological polar surface area (TPSA) is 189 Å². The van der Waals surface area contributed by atoms with Crippen molar-refractivity contribution >= 4 is 52.4 Å². The van der Waals surface area contributed by atoms with Gasteiger partial charge in [-0.25, -0.2) is 19.6 Å². The molecule has 6 rings (SSSR count). The Balaban J connectivity index is 0.000000190. The quantitative estimate of drug-likeness (QED) is 0.0720. The molecule has 5 N–H and O–H groups in total. The van der Waals surface area contributed by atoms with E-state index in [0.717, 1.165) is 24.5 Å². The van der Waals surface area contributed by atoms with Crippen molar-refractivity contribution in [2.45, 2.75) is 57.5 Å². The average molecular weight is 733 g/mol. The Morgan fingerprint density at radius 2 is 1.19 bits per heavy atom. The van der Waals surface area contributed by atoms with Crippen LogP contribution in [-0.4, -0.2) is 77.5 Å². The third kappa shape index (κ3) is 11.9. The fraction of sp³-hybridized carbons (Fsp3) is 0.405. The number of nitrogens with zero attached hydrogens (tertiary/aromatic N) is 4. The Hall–Kier alpha value is -5.31. The first-order valence-corrected chi connectivity index (χ1v) is 18.7. The minimum Gasteiger partial charge on any atom is -0.462 e. The van der Waals surface area contributed by atoms with Crippen molar-refractivity contribution in [3.05, 3.63) is 92.8 Å². The predicted molar refractivity (Wildman–Crippen MR) is 206 cm³/mol. The number of carbonyl (C=O) groups excluding carboxylic acids is 2. The maximum Gasteiger partial charge on any atom is 0.345 e. The Kier molecular flexibility index (Phi) is 15.6. The van der Waals surface area contributed by atoms with Gasteiger partial charge in [-0.1, -0.05) is 11.8 Å². The maximum atomic E-state index is 12.0. The molecular weight excluding hydrogens is 685 g/mol. The van der Waals surface area contributed by atoms with E-state index in [2.05, 4.69) is 64.1 Å². The number of rotatable bonds is 9. The molecule has 52 heavy (non-hydrogen) atoms. The zero-order valence-electron chi connectivity index (χ0n) is 30.0. The summed E-state index contributed by atoms with van der Waals surface area (Å²) in [5.41, 5.74) is 8.65. The lowest BCUT2D eigenvalue weighted by molar-refractivity contribution is 0.0514. The van der Waals surface area contributed by atoms with E-state index in [-0.39, 0.29) is 30.3 Å². The summed E-state index contributed by atoms with van der Waals surface area (Å²) in [5, 5.41) is 3.51. The van der Waals surface area contributed by atoms with E-state index in [4.69, 9.17) is 10.5 Å². The SMILES string of the molecule is CCOC(=O)c1cnc(Nc2ccc(N3CCCCC3)cc2)[nH]c1=O.CCOC(=O)c1cnc(SC)[nH]c1=O.Nc1ccc(N2CCCCC2)cc1. The van der Waals surface area contributed by atoms with Crippen LogP contribution >= 0.6 is 11.8 Å². The van der Waals surface area contributed by atoms with E-state index < -0.39 is 23.1 Å². The Morgan fingerprint density at radius 1 is 0.731 bits per heavy atom. The van der Waals surface area contributed by atoms with E-state index in [0.29, 0.717) is 5.16 Å². The third-order valence-corrected chi connectivity index (χ3v) is 8.82. The fourth-order valence-electron chi connectivity index (χ4n) is 5.53. The predicted octanol–water partition coefficient (Wildman–Crippen LogP) is 5.61. The highest BCUT2D eigenvalue weighted by molar-refractivity contribution is 7.98. The monoisotopic (exact) mass is 732 g/mol. The van der Waals surface area contributed by atoms with Crippen LogP contribution in [0.4, 0.5) is 28.7 Å². The Bertz CT molecular complexity index is 1840. The zero-order valence-corrected chi connectivity index (χ0v) is 30.8. The average Bonchev–Trinajstić information content (AvgIpc) is 3.17. The molecule has 0 atom stereocenters. The molecule has 2 aliphatic heterocycles. The molecule has 0 radical (unpaired) electrons. The molecular formula is C37H48N8O6S. The first-order valence-electron chi connectivity index (χ1n) is 17.5. The lowest BCUT2D eigenvalue weighted by Gasteiger charge is -2.28. The second-order valence-electron chi connectivity index (χ2n) is 11.9. The number of piperidine rings is 2. The summed E-state index contributed by atoms with van der Waals surface area (Å²) in [6.45, 7) is 8.39. The van der Waals surface area contributed by atoms with Crippen LogP contribution in [0.2, 0.25) is 0 Å². The van der Waals surface area contributed by atoms with Crippen LogP contribution in [-0.2, 0) is 9.47 Å². The molecule has 0 aliphatic carbocycles. The lowest BCUT2D eigenvalue weighted by Crippen LogP contribution is -2.29. The third-order valence-electron chi connectivity index (χ3n) is 8.22. The normalized spacial score (nSPS) is 13.8. The highest BCUT2D eigenvalue weighted by Gasteiger charge is 2.15. The number of H-pyrrole nitrogens is 2. The molecule has 0 bridgehead atoms. The van der Waals surface area contributed by atoms with Gasteiger partial charge in [-0.15, -0.1) is 0 Å². The standard InChI is InChI=1S/C18H22N4O3.C11H16N2.C8H10N2O3S/c1-2-25-17(24)15-12-19-18(21-16(15)23)20-13-6-8-14(9-7-13)22-10-4-3-5-11-22;12-10-4-6-11(7-5-10)13-8-2-1-3-9-13;1-3-13-7(12)5-4-9-8(14-2)10-6(5)11/h6-9,12H,2-5,10-11H2,1H3,(H2,19,20,21,23);4-7H,1-3,8-9,12H2;4H,3H2,1-2H3,(H,9,10,11). The molecule has 0 amide bonds. The number of aromatic nitrogens is 4. The van der Waals surface area contributed by atoms with Crippen molar-refractivity contribution in [2.75, 3.05) is 66.5 Å². The van der Waals surface area contributed by atoms with Gasteiger partial charge in [0.25, 0.3) is 11.1 Å². The number of ether oxygens (including phenoxy) is 2.